The summed E-state index contributed by atoms with van der Waals surface area (Å²) in [5.74, 6) is -0.362. The number of hydrogen-bond acceptors (Lipinski definition) is 6. The summed E-state index contributed by atoms with van der Waals surface area (Å²) in [4.78, 5) is 12.1. The molecule has 26 heavy (non-hydrogen) atoms. The van der Waals surface area contributed by atoms with Gasteiger partial charge in [-0.05, 0) is 36.7 Å². The van der Waals surface area contributed by atoms with Gasteiger partial charge in [-0.2, -0.15) is 0 Å². The van der Waals surface area contributed by atoms with E-state index in [1.807, 2.05) is 0 Å². The van der Waals surface area contributed by atoms with Crippen LogP contribution in [0.3, 0.4) is 0 Å². The van der Waals surface area contributed by atoms with Crippen molar-refractivity contribution < 1.29 is 28.8 Å². The fourth-order valence-corrected chi connectivity index (χ4v) is 7.84. The Labute approximate surface area is 151 Å². The third kappa shape index (κ3) is 1.08. The first kappa shape index (κ1) is 15.0. The summed E-state index contributed by atoms with van der Waals surface area (Å²) >= 11 is 0. The lowest BCUT2D eigenvalue weighted by Crippen LogP contribution is -2.81. The number of rotatable bonds is 1. The predicted molar refractivity (Wildman–Crippen MR) is 86.9 cm³/mol. The number of epoxide rings is 2. The van der Waals surface area contributed by atoms with E-state index in [0.29, 0.717) is 13.0 Å². The molecule has 2 bridgehead atoms. The molecule has 8 rings (SSSR count). The fourth-order valence-electron chi connectivity index (χ4n) is 7.84. The van der Waals surface area contributed by atoms with Crippen LogP contribution in [0.4, 0.5) is 0 Å². The van der Waals surface area contributed by atoms with Gasteiger partial charge in [-0.3, -0.25) is 0 Å². The van der Waals surface area contributed by atoms with Gasteiger partial charge in [0.15, 0.2) is 11.2 Å². The highest BCUT2D eigenvalue weighted by atomic mass is 16.9. The topological polar surface area (TPSA) is 80.8 Å². The van der Waals surface area contributed by atoms with E-state index in [1.165, 1.54) is 0 Å². The third-order valence-electron chi connectivity index (χ3n) is 9.16. The van der Waals surface area contributed by atoms with E-state index in [1.54, 1.807) is 0 Å². The Kier molecular flexibility index (Phi) is 2.12. The first-order valence-corrected chi connectivity index (χ1v) is 9.93. The molecular formula is C20H24O6. The number of aliphatic hydroxyl groups is 1. The van der Waals surface area contributed by atoms with Gasteiger partial charge >= 0.3 is 5.97 Å². The molecule has 0 amide bonds. The van der Waals surface area contributed by atoms with E-state index in [0.717, 1.165) is 30.4 Å². The number of aliphatic hydroxyl groups excluding tert-OH is 1. The Morgan fingerprint density at radius 2 is 2.04 bits per heavy atom. The molecule has 6 heteroatoms. The normalized spacial score (nSPS) is 63.1. The molecule has 5 aliphatic heterocycles. The second kappa shape index (κ2) is 3.66. The van der Waals surface area contributed by atoms with Crippen LogP contribution in [0.1, 0.15) is 46.5 Å². The Morgan fingerprint density at radius 3 is 2.77 bits per heavy atom. The van der Waals surface area contributed by atoms with Crippen molar-refractivity contribution in [1.29, 1.82) is 0 Å². The Hall–Kier alpha value is -0.950. The number of esters is 1. The predicted octanol–water partition coefficient (Wildman–Crippen LogP) is 1.45. The SMILES string of the molecule is CC(C)[C@]12C[C@]3(O[C@]34[C@]3(O[C@H]3C[C@H]3C5=C(CC[C@@]34C)C(=O)OC5)[C@@H]1O)O2. The van der Waals surface area contributed by atoms with E-state index in [2.05, 4.69) is 20.8 Å². The fraction of sp³-hybridized carbons (Fsp3) is 0.850. The van der Waals surface area contributed by atoms with Crippen molar-refractivity contribution >= 4 is 5.97 Å². The molecule has 0 radical (unpaired) electrons. The van der Waals surface area contributed by atoms with E-state index in [9.17, 15) is 9.90 Å². The van der Waals surface area contributed by atoms with Gasteiger partial charge in [0.05, 0.1) is 6.10 Å². The summed E-state index contributed by atoms with van der Waals surface area (Å²) in [6, 6.07) is 0. The van der Waals surface area contributed by atoms with Gasteiger partial charge in [0, 0.05) is 17.4 Å². The van der Waals surface area contributed by atoms with Crippen molar-refractivity contribution in [2.24, 2.45) is 17.3 Å². The quantitative estimate of drug-likeness (QED) is 0.563. The molecule has 8 atom stereocenters. The zero-order valence-electron chi connectivity index (χ0n) is 15.3. The van der Waals surface area contributed by atoms with Gasteiger partial charge in [0.2, 0.25) is 5.79 Å². The van der Waals surface area contributed by atoms with Crippen LogP contribution >= 0.6 is 0 Å². The standard InChI is InChI=1S/C20H24O6/c1-9(2)17-8-18(25-17)20(26-18)16(3)5-4-10-11(7-23-14(10)21)12(16)6-13-19(20,24-13)15(17)22/h9,12-13,15,22H,4-8H2,1-3H3/t12-,13-,15+,16-,17+,18+,19+,20-/m0/s1. The molecule has 4 saturated heterocycles. The summed E-state index contributed by atoms with van der Waals surface area (Å²) in [5, 5.41) is 11.4. The van der Waals surface area contributed by atoms with Crippen LogP contribution < -0.4 is 0 Å². The molecule has 0 unspecified atom stereocenters. The lowest BCUT2D eigenvalue weighted by Gasteiger charge is -2.64. The van der Waals surface area contributed by atoms with Crippen molar-refractivity contribution in [3.63, 3.8) is 0 Å². The average molecular weight is 360 g/mol. The van der Waals surface area contributed by atoms with Crippen molar-refractivity contribution in [3.05, 3.63) is 11.1 Å². The maximum atomic E-state index is 12.1. The summed E-state index contributed by atoms with van der Waals surface area (Å²) in [6.45, 7) is 6.87. The summed E-state index contributed by atoms with van der Waals surface area (Å²) in [7, 11) is 0. The van der Waals surface area contributed by atoms with Crippen molar-refractivity contribution in [2.45, 2.75) is 81.3 Å². The largest absolute Gasteiger partial charge is 0.458 e. The van der Waals surface area contributed by atoms with Gasteiger partial charge < -0.3 is 24.1 Å². The van der Waals surface area contributed by atoms with Crippen LogP contribution in [-0.4, -0.2) is 52.5 Å². The number of carbonyl (C=O) groups is 1. The molecule has 8 aliphatic rings. The number of hydrogen-bond donors (Lipinski definition) is 1. The van der Waals surface area contributed by atoms with Crippen LogP contribution in [0.25, 0.3) is 0 Å². The molecule has 0 aromatic carbocycles. The van der Waals surface area contributed by atoms with Gasteiger partial charge in [-0.25, -0.2) is 4.79 Å². The molecule has 6 nitrogen and oxygen atoms in total. The summed E-state index contributed by atoms with van der Waals surface area (Å²) < 4.78 is 24.6. The molecule has 0 aromatic heterocycles. The zero-order valence-corrected chi connectivity index (χ0v) is 15.3. The third-order valence-corrected chi connectivity index (χ3v) is 9.16. The average Bonchev–Trinajstić information content (AvgIpc) is 3.42. The van der Waals surface area contributed by atoms with Crippen molar-refractivity contribution in [1.82, 2.24) is 0 Å². The summed E-state index contributed by atoms with van der Waals surface area (Å²) in [5.41, 5.74) is 0.0128. The highest BCUT2D eigenvalue weighted by Crippen LogP contribution is 2.88. The first-order valence-electron chi connectivity index (χ1n) is 9.93. The van der Waals surface area contributed by atoms with E-state index in [-0.39, 0.29) is 29.3 Å². The van der Waals surface area contributed by atoms with Crippen LogP contribution in [0.5, 0.6) is 0 Å². The minimum Gasteiger partial charge on any atom is -0.458 e. The number of ether oxygens (including phenoxy) is 4. The van der Waals surface area contributed by atoms with Gasteiger partial charge in [0.1, 0.15) is 18.3 Å². The second-order valence-electron chi connectivity index (χ2n) is 10.0. The zero-order chi connectivity index (χ0) is 17.9. The monoisotopic (exact) mass is 360 g/mol. The Balaban J connectivity index is 1.40. The van der Waals surface area contributed by atoms with Gasteiger partial charge in [0.25, 0.3) is 0 Å². The van der Waals surface area contributed by atoms with Crippen molar-refractivity contribution in [3.8, 4) is 0 Å². The minimum absolute atomic E-state index is 0.0256. The molecule has 3 aliphatic carbocycles. The number of carbonyl (C=O) groups excluding carboxylic acids is 1. The Morgan fingerprint density at radius 1 is 1.27 bits per heavy atom. The molecule has 3 spiro atoms. The molecular weight excluding hydrogens is 336 g/mol. The number of cyclic esters (lactones) is 1. The molecule has 140 valence electrons. The first-order chi connectivity index (χ1) is 12.3. The summed E-state index contributed by atoms with van der Waals surface area (Å²) in [6.07, 6.45) is 2.43. The highest BCUT2D eigenvalue weighted by molar-refractivity contribution is 5.92. The lowest BCUT2D eigenvalue weighted by atomic mass is 9.43. The number of fused-ring (bicyclic) bond motifs is 2. The van der Waals surface area contributed by atoms with Gasteiger partial charge in [-0.15, -0.1) is 0 Å². The molecule has 2 saturated carbocycles. The molecule has 6 fully saturated rings. The van der Waals surface area contributed by atoms with Crippen molar-refractivity contribution in [2.75, 3.05) is 6.61 Å². The molecule has 0 aromatic rings. The van der Waals surface area contributed by atoms with Crippen LogP contribution in [0, 0.1) is 17.3 Å². The minimum atomic E-state index is -0.668. The van der Waals surface area contributed by atoms with Crippen LogP contribution in [0.2, 0.25) is 0 Å². The van der Waals surface area contributed by atoms with E-state index < -0.39 is 28.7 Å². The van der Waals surface area contributed by atoms with E-state index in [4.69, 9.17) is 18.9 Å². The Bertz CT molecular complexity index is 824. The second-order valence-corrected chi connectivity index (χ2v) is 10.0. The smallest absolute Gasteiger partial charge is 0.334 e. The maximum absolute atomic E-state index is 12.1. The van der Waals surface area contributed by atoms with E-state index >= 15 is 0 Å². The molecule has 5 heterocycles. The van der Waals surface area contributed by atoms with Crippen LogP contribution in [0.15, 0.2) is 11.1 Å². The highest BCUT2D eigenvalue weighted by Gasteiger charge is 3.05. The van der Waals surface area contributed by atoms with Gasteiger partial charge in [-0.1, -0.05) is 20.8 Å². The molecule has 1 N–H and O–H groups in total. The van der Waals surface area contributed by atoms with Crippen LogP contribution in [-0.2, 0) is 23.7 Å². The lowest BCUT2D eigenvalue weighted by molar-refractivity contribution is -0.353. The maximum Gasteiger partial charge on any atom is 0.334 e.